The molecule has 5 heteroatoms. The van der Waals surface area contributed by atoms with Crippen LogP contribution in [0.15, 0.2) is 146 Å². The predicted octanol–water partition coefficient (Wildman–Crippen LogP) is 13.1. The number of aromatic hydroxyl groups is 2. The molecular weight excluding hydrogens is 691 g/mol. The number of fused-ring (bicyclic) bond motifs is 4. The van der Waals surface area contributed by atoms with Crippen LogP contribution in [-0.4, -0.2) is 22.9 Å². The number of amides is 1. The molecule has 3 N–H and O–H groups in total. The Morgan fingerprint density at radius 3 is 1.57 bits per heavy atom. The van der Waals surface area contributed by atoms with Crippen LogP contribution in [0.25, 0.3) is 65.3 Å². The van der Waals surface area contributed by atoms with Gasteiger partial charge < -0.3 is 20.3 Å². The largest absolute Gasteiger partial charge is 0.507 e. The van der Waals surface area contributed by atoms with E-state index < -0.39 is 6.09 Å². The minimum absolute atomic E-state index is 0.0234. The lowest BCUT2D eigenvalue weighted by molar-refractivity contribution is 0.0804. The quantitative estimate of drug-likeness (QED) is 0.159. The van der Waals surface area contributed by atoms with Crippen molar-refractivity contribution in [3.05, 3.63) is 151 Å². The predicted molar refractivity (Wildman–Crippen MR) is 230 cm³/mol. The zero-order valence-electron chi connectivity index (χ0n) is 32.0. The number of rotatable bonds is 6. The molecule has 0 aromatic heterocycles. The molecule has 0 spiro atoms. The first-order valence-electron chi connectivity index (χ1n) is 19.5. The summed E-state index contributed by atoms with van der Waals surface area (Å²) in [5.41, 5.74) is 4.20. The summed E-state index contributed by atoms with van der Waals surface area (Å²) in [6.07, 6.45) is 2.21. The molecule has 9 rings (SSSR count). The third-order valence-electron chi connectivity index (χ3n) is 11.9. The molecule has 8 aromatic rings. The highest BCUT2D eigenvalue weighted by Crippen LogP contribution is 2.55. The second kappa shape index (κ2) is 13.8. The van der Waals surface area contributed by atoms with Gasteiger partial charge in [-0.1, -0.05) is 148 Å². The van der Waals surface area contributed by atoms with Crippen LogP contribution in [0, 0.1) is 10.8 Å². The van der Waals surface area contributed by atoms with Crippen LogP contribution < -0.4 is 10.1 Å². The van der Waals surface area contributed by atoms with Gasteiger partial charge in [-0.05, 0) is 108 Å². The zero-order valence-corrected chi connectivity index (χ0v) is 32.0. The fourth-order valence-corrected chi connectivity index (χ4v) is 9.96. The highest BCUT2D eigenvalue weighted by Gasteiger charge is 2.43. The van der Waals surface area contributed by atoms with E-state index in [1.165, 1.54) is 5.56 Å². The lowest BCUT2D eigenvalue weighted by Gasteiger charge is -2.47. The molecule has 0 aliphatic heterocycles. The van der Waals surface area contributed by atoms with E-state index in [0.717, 1.165) is 73.5 Å². The number of ether oxygens (including phenoxy) is 1. The highest BCUT2D eigenvalue weighted by molar-refractivity contribution is 6.11. The Hall–Kier alpha value is -6.33. The van der Waals surface area contributed by atoms with Gasteiger partial charge in [-0.3, -0.25) is 0 Å². The maximum atomic E-state index is 13.9. The van der Waals surface area contributed by atoms with Crippen molar-refractivity contribution in [1.29, 1.82) is 0 Å². The third-order valence-corrected chi connectivity index (χ3v) is 11.9. The van der Waals surface area contributed by atoms with Gasteiger partial charge in [-0.25, -0.2) is 4.79 Å². The molecule has 0 heterocycles. The molecule has 2 atom stereocenters. The van der Waals surface area contributed by atoms with Crippen LogP contribution in [0.2, 0.25) is 0 Å². The average Bonchev–Trinajstić information content (AvgIpc) is 3.19. The van der Waals surface area contributed by atoms with Gasteiger partial charge in [-0.2, -0.15) is 0 Å². The van der Waals surface area contributed by atoms with Crippen LogP contribution >= 0.6 is 0 Å². The van der Waals surface area contributed by atoms with Crippen LogP contribution in [0.5, 0.6) is 17.2 Å². The second-order valence-electron chi connectivity index (χ2n) is 16.8. The normalized spacial score (nSPS) is 18.0. The van der Waals surface area contributed by atoms with Gasteiger partial charge in [0.2, 0.25) is 0 Å². The van der Waals surface area contributed by atoms with Gasteiger partial charge in [0.15, 0.2) is 0 Å². The van der Waals surface area contributed by atoms with Gasteiger partial charge >= 0.3 is 6.09 Å². The van der Waals surface area contributed by atoms with Crippen molar-refractivity contribution in [3.63, 3.8) is 0 Å². The molecule has 1 amide bonds. The summed E-state index contributed by atoms with van der Waals surface area (Å²) in [6.45, 7) is 7.34. The van der Waals surface area contributed by atoms with E-state index in [1.807, 2.05) is 91.0 Å². The Labute approximate surface area is 327 Å². The minimum Gasteiger partial charge on any atom is -0.507 e. The SMILES string of the molecule is CC1(C)CC(c2ccc3ccccc3c2-c2c(O)ccc3ccccc23)CC(C)(CNC(=O)Oc2ccc3ccccc3c2-c2c(O)ccc3ccccc23)C1. The summed E-state index contributed by atoms with van der Waals surface area (Å²) in [5, 5.41) is 34.1. The number of benzene rings is 8. The van der Waals surface area contributed by atoms with Gasteiger partial charge in [0.05, 0.1) is 0 Å². The summed E-state index contributed by atoms with van der Waals surface area (Å²) in [6, 6.07) is 48.2. The minimum atomic E-state index is -0.533. The number of phenolic OH excluding ortho intramolecular Hbond substituents is 2. The van der Waals surface area contributed by atoms with E-state index in [4.69, 9.17) is 4.74 Å². The highest BCUT2D eigenvalue weighted by atomic mass is 16.6. The van der Waals surface area contributed by atoms with E-state index in [1.54, 1.807) is 6.07 Å². The first-order valence-corrected chi connectivity index (χ1v) is 19.5. The van der Waals surface area contributed by atoms with E-state index >= 15 is 0 Å². The summed E-state index contributed by atoms with van der Waals surface area (Å²) in [4.78, 5) is 13.9. The van der Waals surface area contributed by atoms with Crippen molar-refractivity contribution in [2.45, 2.75) is 46.0 Å². The Morgan fingerprint density at radius 2 is 1.02 bits per heavy atom. The van der Waals surface area contributed by atoms with Gasteiger partial charge in [0, 0.05) is 23.2 Å². The van der Waals surface area contributed by atoms with E-state index in [0.29, 0.717) is 23.4 Å². The topological polar surface area (TPSA) is 78.8 Å². The lowest BCUT2D eigenvalue weighted by Crippen LogP contribution is -2.43. The van der Waals surface area contributed by atoms with E-state index in [9.17, 15) is 15.0 Å². The smallest absolute Gasteiger partial charge is 0.412 e. The van der Waals surface area contributed by atoms with Crippen LogP contribution in [0.3, 0.4) is 0 Å². The lowest BCUT2D eigenvalue weighted by atomic mass is 9.59. The van der Waals surface area contributed by atoms with Crippen molar-refractivity contribution in [2.75, 3.05) is 6.54 Å². The molecule has 56 heavy (non-hydrogen) atoms. The number of hydrogen-bond donors (Lipinski definition) is 3. The summed E-state index contributed by atoms with van der Waals surface area (Å²) < 4.78 is 6.20. The van der Waals surface area contributed by atoms with E-state index in [2.05, 4.69) is 74.6 Å². The van der Waals surface area contributed by atoms with Crippen LogP contribution in [-0.2, 0) is 0 Å². The molecule has 1 aliphatic rings. The molecule has 5 nitrogen and oxygen atoms in total. The van der Waals surface area contributed by atoms with Gasteiger partial charge in [-0.15, -0.1) is 0 Å². The fraction of sp³-hybridized carbons (Fsp3) is 0.196. The zero-order chi connectivity index (χ0) is 38.6. The van der Waals surface area contributed by atoms with Crippen molar-refractivity contribution >= 4 is 49.2 Å². The number of nitrogens with one attached hydrogen (secondary N) is 1. The molecule has 1 aliphatic carbocycles. The number of carbonyl (C=O) groups excluding carboxylic acids is 1. The molecule has 8 aromatic carbocycles. The number of carbonyl (C=O) groups is 1. The molecule has 2 unspecified atom stereocenters. The van der Waals surface area contributed by atoms with E-state index in [-0.39, 0.29) is 28.2 Å². The summed E-state index contributed by atoms with van der Waals surface area (Å²) in [5.74, 6) is 0.947. The average molecular weight is 736 g/mol. The van der Waals surface area contributed by atoms with Crippen LogP contribution in [0.1, 0.15) is 51.5 Å². The Morgan fingerprint density at radius 1 is 0.571 bits per heavy atom. The number of phenols is 2. The molecule has 0 bridgehead atoms. The monoisotopic (exact) mass is 735 g/mol. The van der Waals surface area contributed by atoms with Crippen molar-refractivity contribution in [1.82, 2.24) is 5.32 Å². The van der Waals surface area contributed by atoms with Gasteiger partial charge in [0.1, 0.15) is 17.2 Å². The molecular formula is C51H45NO4. The molecule has 1 fully saturated rings. The third kappa shape index (κ3) is 6.37. The summed E-state index contributed by atoms with van der Waals surface area (Å²) >= 11 is 0. The van der Waals surface area contributed by atoms with Crippen LogP contribution in [0.4, 0.5) is 4.79 Å². The molecule has 1 saturated carbocycles. The Bertz CT molecular complexity index is 2820. The molecule has 278 valence electrons. The van der Waals surface area contributed by atoms with Crippen molar-refractivity contribution in [3.8, 4) is 39.5 Å². The Kier molecular flexibility index (Phi) is 8.69. The summed E-state index contributed by atoms with van der Waals surface area (Å²) in [7, 11) is 0. The second-order valence-corrected chi connectivity index (χ2v) is 16.8. The maximum Gasteiger partial charge on any atom is 0.412 e. The first kappa shape index (κ1) is 35.4. The van der Waals surface area contributed by atoms with Crippen molar-refractivity contribution < 1.29 is 19.7 Å². The van der Waals surface area contributed by atoms with Gasteiger partial charge in [0.25, 0.3) is 0 Å². The Balaban J connectivity index is 1.05. The molecule has 0 saturated heterocycles. The first-order chi connectivity index (χ1) is 27.1. The molecule has 0 radical (unpaired) electrons. The van der Waals surface area contributed by atoms with Crippen molar-refractivity contribution in [2.24, 2.45) is 10.8 Å². The number of hydrogen-bond acceptors (Lipinski definition) is 4. The maximum absolute atomic E-state index is 13.9. The fourth-order valence-electron chi connectivity index (χ4n) is 9.96. The standard InChI is InChI=1S/C51H45NO4/c1-50(2)28-36(41-24-20-32-12-4-8-16-37(32)45(41)46-38-17-9-5-13-33(38)21-25-42(46)53)29-51(3,30-50)31-52-49(55)56-44-27-23-35-15-7-11-19-40(35)48(44)47-39-18-10-6-14-34(39)22-26-43(47)54/h4-27,36,53-54H,28-31H2,1-3H3,(H,52,55).